The maximum Gasteiger partial charge on any atom is 0.341 e. The predicted molar refractivity (Wildman–Crippen MR) is 123 cm³/mol. The molecule has 0 N–H and O–H groups in total. The van der Waals surface area contributed by atoms with Crippen LogP contribution in [0.15, 0.2) is 91.0 Å². The van der Waals surface area contributed by atoms with Gasteiger partial charge in [0, 0.05) is 16.8 Å². The van der Waals surface area contributed by atoms with E-state index in [-0.39, 0.29) is 18.8 Å². The third-order valence-corrected chi connectivity index (χ3v) is 5.21. The van der Waals surface area contributed by atoms with Crippen molar-refractivity contribution >= 4 is 27.8 Å². The third-order valence-electron chi connectivity index (χ3n) is 5.21. The summed E-state index contributed by atoms with van der Waals surface area (Å²) in [6, 6.07) is 27.0. The molecule has 0 fully saturated rings. The molecule has 2 heterocycles. The molecule has 0 unspecified atom stereocenters. The highest BCUT2D eigenvalue weighted by atomic mass is 19.1. The summed E-state index contributed by atoms with van der Waals surface area (Å²) in [5.74, 6) is -1.17. The van der Waals surface area contributed by atoms with Crippen LogP contribution in [0.3, 0.4) is 0 Å². The van der Waals surface area contributed by atoms with Crippen LogP contribution in [0.1, 0.15) is 21.7 Å². The molecule has 0 radical (unpaired) electrons. The molecule has 0 aliphatic rings. The van der Waals surface area contributed by atoms with E-state index < -0.39 is 11.8 Å². The molecule has 0 bridgehead atoms. The first-order valence-electron chi connectivity index (χ1n) is 10.4. The van der Waals surface area contributed by atoms with Crippen molar-refractivity contribution < 1.29 is 18.7 Å². The second kappa shape index (κ2) is 9.04. The number of aromatic nitrogens is 2. The molecule has 33 heavy (non-hydrogen) atoms. The van der Waals surface area contributed by atoms with Crippen LogP contribution in [-0.4, -0.2) is 15.9 Å². The smallest absolute Gasteiger partial charge is 0.341 e. The Balaban J connectivity index is 1.22. The van der Waals surface area contributed by atoms with Gasteiger partial charge in [-0.05, 0) is 36.4 Å². The molecule has 0 atom stereocenters. The number of rotatable bonds is 6. The van der Waals surface area contributed by atoms with Crippen LogP contribution in [0, 0.1) is 5.82 Å². The highest BCUT2D eigenvalue weighted by Gasteiger charge is 2.15. The summed E-state index contributed by atoms with van der Waals surface area (Å²) < 4.78 is 25.5. The first kappa shape index (κ1) is 20.6. The Bertz CT molecular complexity index is 1470. The number of fused-ring (bicyclic) bond motifs is 2. The number of ether oxygens (including phenoxy) is 2. The lowest BCUT2D eigenvalue weighted by atomic mass is 10.2. The van der Waals surface area contributed by atoms with E-state index in [0.29, 0.717) is 11.4 Å². The van der Waals surface area contributed by atoms with Gasteiger partial charge in [0.05, 0.1) is 28.0 Å². The summed E-state index contributed by atoms with van der Waals surface area (Å²) in [6.07, 6.45) is 0. The molecule has 0 spiro atoms. The Morgan fingerprint density at radius 2 is 1.33 bits per heavy atom. The van der Waals surface area contributed by atoms with Gasteiger partial charge in [-0.2, -0.15) is 0 Å². The Kier molecular flexibility index (Phi) is 5.64. The monoisotopic (exact) mass is 438 g/mol. The number of hydrogen-bond donors (Lipinski definition) is 0. The van der Waals surface area contributed by atoms with Gasteiger partial charge in [-0.15, -0.1) is 0 Å². The van der Waals surface area contributed by atoms with Gasteiger partial charge < -0.3 is 9.47 Å². The lowest BCUT2D eigenvalue weighted by molar-refractivity contribution is 0.0462. The van der Waals surface area contributed by atoms with Crippen molar-refractivity contribution in [1.29, 1.82) is 0 Å². The van der Waals surface area contributed by atoms with Crippen molar-refractivity contribution in [3.8, 4) is 5.75 Å². The normalized spacial score (nSPS) is 10.9. The molecule has 5 rings (SSSR count). The minimum absolute atomic E-state index is 0.0466. The van der Waals surface area contributed by atoms with Crippen LogP contribution in [0.4, 0.5) is 4.39 Å². The SMILES string of the molecule is O=C(OCc1ccc2ccccc2n1)c1ccc(OCc2ccc3ccccc3n2)cc1F. The van der Waals surface area contributed by atoms with Gasteiger partial charge in [0.1, 0.15) is 24.8 Å². The van der Waals surface area contributed by atoms with Crippen molar-refractivity contribution in [3.63, 3.8) is 0 Å². The topological polar surface area (TPSA) is 61.3 Å². The van der Waals surface area contributed by atoms with Gasteiger partial charge in [-0.1, -0.05) is 48.5 Å². The number of nitrogens with zero attached hydrogens (tertiary/aromatic N) is 2. The number of hydrogen-bond acceptors (Lipinski definition) is 5. The van der Waals surface area contributed by atoms with E-state index in [1.54, 1.807) is 6.07 Å². The predicted octanol–water partition coefficient (Wildman–Crippen LogP) is 5.86. The van der Waals surface area contributed by atoms with Crippen molar-refractivity contribution in [2.24, 2.45) is 0 Å². The van der Waals surface area contributed by atoms with Crippen molar-refractivity contribution in [3.05, 3.63) is 114 Å². The van der Waals surface area contributed by atoms with Gasteiger partial charge >= 0.3 is 5.97 Å². The maximum atomic E-state index is 14.6. The molecule has 0 saturated heterocycles. The lowest BCUT2D eigenvalue weighted by Crippen LogP contribution is -2.09. The highest BCUT2D eigenvalue weighted by Crippen LogP contribution is 2.20. The van der Waals surface area contributed by atoms with Gasteiger partial charge in [0.15, 0.2) is 0 Å². The second-order valence-corrected chi connectivity index (χ2v) is 7.50. The molecule has 0 aliphatic carbocycles. The largest absolute Gasteiger partial charge is 0.487 e. The van der Waals surface area contributed by atoms with Crippen molar-refractivity contribution in [2.75, 3.05) is 0 Å². The molecule has 0 amide bonds. The molecule has 3 aromatic carbocycles. The zero-order valence-corrected chi connectivity index (χ0v) is 17.6. The number of esters is 1. The summed E-state index contributed by atoms with van der Waals surface area (Å²) in [6.45, 7) is 0.136. The van der Waals surface area contributed by atoms with E-state index >= 15 is 0 Å². The lowest BCUT2D eigenvalue weighted by Gasteiger charge is -2.09. The summed E-state index contributed by atoms with van der Waals surface area (Å²) in [5.41, 5.74) is 2.82. The number of para-hydroxylation sites is 2. The summed E-state index contributed by atoms with van der Waals surface area (Å²) in [5, 5.41) is 2.03. The average Bonchev–Trinajstić information content (AvgIpc) is 2.86. The van der Waals surface area contributed by atoms with Crippen molar-refractivity contribution in [2.45, 2.75) is 13.2 Å². The Morgan fingerprint density at radius 1 is 0.727 bits per heavy atom. The second-order valence-electron chi connectivity index (χ2n) is 7.50. The quantitative estimate of drug-likeness (QED) is 0.311. The molecule has 2 aromatic heterocycles. The minimum Gasteiger partial charge on any atom is -0.487 e. The van der Waals surface area contributed by atoms with E-state index in [4.69, 9.17) is 9.47 Å². The zero-order valence-electron chi connectivity index (χ0n) is 17.6. The van der Waals surface area contributed by atoms with E-state index in [2.05, 4.69) is 9.97 Å². The fourth-order valence-electron chi connectivity index (χ4n) is 3.50. The summed E-state index contributed by atoms with van der Waals surface area (Å²) >= 11 is 0. The molecule has 162 valence electrons. The zero-order chi connectivity index (χ0) is 22.6. The Morgan fingerprint density at radius 3 is 1.97 bits per heavy atom. The van der Waals surface area contributed by atoms with Crippen LogP contribution < -0.4 is 4.74 Å². The fourth-order valence-corrected chi connectivity index (χ4v) is 3.50. The Hall–Kier alpha value is -4.32. The van der Waals surface area contributed by atoms with Gasteiger partial charge in [0.2, 0.25) is 0 Å². The molecule has 0 aliphatic heterocycles. The van der Waals surface area contributed by atoms with E-state index in [9.17, 15) is 9.18 Å². The maximum absolute atomic E-state index is 14.6. The number of benzene rings is 3. The highest BCUT2D eigenvalue weighted by molar-refractivity contribution is 5.90. The summed E-state index contributed by atoms with van der Waals surface area (Å²) in [4.78, 5) is 21.4. The van der Waals surface area contributed by atoms with Gasteiger partial charge in [0.25, 0.3) is 0 Å². The van der Waals surface area contributed by atoms with Crippen molar-refractivity contribution in [1.82, 2.24) is 9.97 Å². The Labute approximate surface area is 189 Å². The molecule has 6 heteroatoms. The van der Waals surface area contributed by atoms with Crippen LogP contribution in [0.25, 0.3) is 21.8 Å². The van der Waals surface area contributed by atoms with Gasteiger partial charge in [-0.3, -0.25) is 0 Å². The number of carbonyl (C=O) groups excluding carboxylic acids is 1. The molecule has 5 aromatic rings. The molecular weight excluding hydrogens is 419 g/mol. The standard InChI is InChI=1S/C27H19FN2O3/c28-24-15-22(32-16-20-11-9-18-5-1-3-7-25(18)29-20)13-14-23(24)27(31)33-17-21-12-10-19-6-2-4-8-26(19)30-21/h1-15H,16-17H2. The molecule has 0 saturated carbocycles. The van der Waals surface area contributed by atoms with Gasteiger partial charge in [-0.25, -0.2) is 19.2 Å². The summed E-state index contributed by atoms with van der Waals surface area (Å²) in [7, 11) is 0. The van der Waals surface area contributed by atoms with Crippen LogP contribution in [0.5, 0.6) is 5.75 Å². The first-order chi connectivity index (χ1) is 16.2. The van der Waals surface area contributed by atoms with Crippen LogP contribution in [-0.2, 0) is 18.0 Å². The number of halogens is 1. The van der Waals surface area contributed by atoms with Crippen LogP contribution in [0.2, 0.25) is 0 Å². The molecular formula is C27H19FN2O3. The fraction of sp³-hybridized carbons (Fsp3) is 0.0741. The molecule has 5 nitrogen and oxygen atoms in total. The number of carbonyl (C=O) groups is 1. The minimum atomic E-state index is -0.759. The van der Waals surface area contributed by atoms with E-state index in [1.807, 2.05) is 66.7 Å². The van der Waals surface area contributed by atoms with E-state index in [1.165, 1.54) is 18.2 Å². The first-order valence-corrected chi connectivity index (χ1v) is 10.4. The van der Waals surface area contributed by atoms with E-state index in [0.717, 1.165) is 27.5 Å². The van der Waals surface area contributed by atoms with Crippen LogP contribution >= 0.6 is 0 Å². The number of pyridine rings is 2. The third kappa shape index (κ3) is 4.65. The average molecular weight is 438 g/mol.